The molecule has 0 bridgehead atoms. The van der Waals surface area contributed by atoms with E-state index in [4.69, 9.17) is 10.2 Å². The highest BCUT2D eigenvalue weighted by atomic mass is 15.2. The highest BCUT2D eigenvalue weighted by Gasteiger charge is 2.15. The Hall–Kier alpha value is -2.30. The van der Waals surface area contributed by atoms with E-state index in [1.165, 1.54) is 74.1 Å². The molecule has 0 N–H and O–H groups in total. The molecule has 0 spiro atoms. The van der Waals surface area contributed by atoms with Crippen LogP contribution in [0.4, 0.5) is 0 Å². The van der Waals surface area contributed by atoms with E-state index in [1.54, 1.807) is 0 Å². The topological polar surface area (TPSA) is 31.2 Å². The van der Waals surface area contributed by atoms with Crippen LogP contribution in [0.3, 0.4) is 0 Å². The first-order chi connectivity index (χ1) is 15.7. The highest BCUT2D eigenvalue weighted by molar-refractivity contribution is 6.03. The summed E-state index contributed by atoms with van der Waals surface area (Å²) in [5.41, 5.74) is 7.15. The first kappa shape index (κ1) is 22.9. The molecule has 2 aromatic rings. The molecular formula is C28H38N4. The Bertz CT molecular complexity index is 822. The summed E-state index contributed by atoms with van der Waals surface area (Å²) in [7, 11) is 0. The van der Waals surface area contributed by atoms with E-state index in [1.807, 2.05) is 0 Å². The van der Waals surface area contributed by atoms with Crippen LogP contribution in [-0.4, -0.2) is 60.5 Å². The second-order valence-electron chi connectivity index (χ2n) is 9.42. The Balaban J connectivity index is 1.58. The van der Waals surface area contributed by atoms with Gasteiger partial charge >= 0.3 is 0 Å². The molecule has 32 heavy (non-hydrogen) atoms. The summed E-state index contributed by atoms with van der Waals surface area (Å²) in [6.45, 7) is 11.3. The number of hydrogen-bond donors (Lipinski definition) is 0. The van der Waals surface area contributed by atoms with Crippen molar-refractivity contribution < 1.29 is 0 Å². The maximum Gasteiger partial charge on any atom is 0.0715 e. The number of nitrogens with zero attached hydrogens (tertiary/aromatic N) is 4. The van der Waals surface area contributed by atoms with Crippen molar-refractivity contribution in [2.45, 2.75) is 52.4 Å². The van der Waals surface area contributed by atoms with Crippen LogP contribution in [-0.2, 0) is 0 Å². The molecule has 4 nitrogen and oxygen atoms in total. The Kier molecular flexibility index (Phi) is 8.24. The third kappa shape index (κ3) is 6.60. The lowest BCUT2D eigenvalue weighted by Crippen LogP contribution is -2.23. The van der Waals surface area contributed by atoms with E-state index in [9.17, 15) is 0 Å². The second kappa shape index (κ2) is 11.5. The Morgan fingerprint density at radius 2 is 0.938 bits per heavy atom. The molecular weight excluding hydrogens is 392 g/mol. The summed E-state index contributed by atoms with van der Waals surface area (Å²) in [6.07, 6.45) is 7.18. The SMILES string of the molecule is Cc1ccc(C(CCN2CCCC2)=NN=C(CCN2CCCC2)c2ccc(C)cc2)cc1. The van der Waals surface area contributed by atoms with Gasteiger partial charge in [-0.25, -0.2) is 0 Å². The maximum absolute atomic E-state index is 4.89. The number of aryl methyl sites for hydroxylation is 2. The molecule has 0 atom stereocenters. The van der Waals surface area contributed by atoms with Crippen LogP contribution < -0.4 is 0 Å². The fourth-order valence-electron chi connectivity index (χ4n) is 4.66. The largest absolute Gasteiger partial charge is 0.303 e. The van der Waals surface area contributed by atoms with Gasteiger partial charge in [0.2, 0.25) is 0 Å². The average Bonchev–Trinajstić information content (AvgIpc) is 3.52. The third-order valence-corrected chi connectivity index (χ3v) is 6.79. The second-order valence-corrected chi connectivity index (χ2v) is 9.42. The molecule has 4 rings (SSSR count). The van der Waals surface area contributed by atoms with Gasteiger partial charge in [0.05, 0.1) is 11.4 Å². The fraction of sp³-hybridized carbons (Fsp3) is 0.500. The molecule has 4 heteroatoms. The molecule has 2 aliphatic rings. The molecule has 0 unspecified atom stereocenters. The minimum Gasteiger partial charge on any atom is -0.303 e. The minimum absolute atomic E-state index is 0.944. The Morgan fingerprint density at radius 3 is 1.28 bits per heavy atom. The van der Waals surface area contributed by atoms with Crippen molar-refractivity contribution >= 4 is 11.4 Å². The normalized spacial score (nSPS) is 18.6. The van der Waals surface area contributed by atoms with E-state index in [0.29, 0.717) is 0 Å². The monoisotopic (exact) mass is 430 g/mol. The van der Waals surface area contributed by atoms with Crippen LogP contribution in [0.5, 0.6) is 0 Å². The van der Waals surface area contributed by atoms with E-state index in [2.05, 4.69) is 72.2 Å². The highest BCUT2D eigenvalue weighted by Crippen LogP contribution is 2.15. The first-order valence-electron chi connectivity index (χ1n) is 12.4. The van der Waals surface area contributed by atoms with Gasteiger partial charge in [-0.05, 0) is 76.8 Å². The van der Waals surface area contributed by atoms with E-state index < -0.39 is 0 Å². The van der Waals surface area contributed by atoms with Crippen LogP contribution in [0.1, 0.15) is 60.8 Å². The molecule has 0 aromatic heterocycles. The minimum atomic E-state index is 0.944. The predicted octanol–water partition coefficient (Wildman–Crippen LogP) is 5.47. The zero-order chi connectivity index (χ0) is 22.2. The molecule has 2 fully saturated rings. The van der Waals surface area contributed by atoms with Gasteiger partial charge in [0.15, 0.2) is 0 Å². The van der Waals surface area contributed by atoms with E-state index in [0.717, 1.165) is 37.4 Å². The first-order valence-corrected chi connectivity index (χ1v) is 12.4. The van der Waals surface area contributed by atoms with Crippen LogP contribution in [0.15, 0.2) is 58.7 Å². The van der Waals surface area contributed by atoms with Crippen LogP contribution in [0.2, 0.25) is 0 Å². The predicted molar refractivity (Wildman–Crippen MR) is 136 cm³/mol. The fourth-order valence-corrected chi connectivity index (χ4v) is 4.66. The van der Waals surface area contributed by atoms with Gasteiger partial charge in [-0.3, -0.25) is 0 Å². The molecule has 0 aliphatic carbocycles. The van der Waals surface area contributed by atoms with Crippen molar-refractivity contribution in [3.05, 3.63) is 70.8 Å². The molecule has 0 amide bonds. The van der Waals surface area contributed by atoms with Gasteiger partial charge in [-0.1, -0.05) is 59.7 Å². The standard InChI is InChI=1S/C28H38N4/c1-23-7-11-25(12-8-23)27(15-21-31-17-3-4-18-31)29-30-28(16-22-32-19-5-6-20-32)26-13-9-24(2)10-14-26/h7-14H,3-6,15-22H2,1-2H3. The van der Waals surface area contributed by atoms with Gasteiger partial charge in [-0.15, -0.1) is 0 Å². The Morgan fingerprint density at radius 1 is 0.594 bits per heavy atom. The molecule has 2 saturated heterocycles. The van der Waals surface area contributed by atoms with Gasteiger partial charge in [0.1, 0.15) is 0 Å². The summed E-state index contributed by atoms with van der Waals surface area (Å²) >= 11 is 0. The third-order valence-electron chi connectivity index (χ3n) is 6.79. The zero-order valence-electron chi connectivity index (χ0n) is 19.9. The smallest absolute Gasteiger partial charge is 0.0715 e. The van der Waals surface area contributed by atoms with Crippen LogP contribution >= 0.6 is 0 Å². The lowest BCUT2D eigenvalue weighted by Gasteiger charge is -2.16. The van der Waals surface area contributed by atoms with Crippen molar-refractivity contribution in [3.63, 3.8) is 0 Å². The van der Waals surface area contributed by atoms with E-state index in [-0.39, 0.29) is 0 Å². The summed E-state index contributed by atoms with van der Waals surface area (Å²) in [5.74, 6) is 0. The Labute approximate surface area is 194 Å². The summed E-state index contributed by atoms with van der Waals surface area (Å²) < 4.78 is 0. The molecule has 170 valence electrons. The van der Waals surface area contributed by atoms with Gasteiger partial charge in [-0.2, -0.15) is 10.2 Å². The molecule has 2 heterocycles. The van der Waals surface area contributed by atoms with Crippen molar-refractivity contribution in [2.24, 2.45) is 10.2 Å². The van der Waals surface area contributed by atoms with E-state index >= 15 is 0 Å². The number of rotatable bonds is 9. The van der Waals surface area contributed by atoms with Crippen LogP contribution in [0.25, 0.3) is 0 Å². The van der Waals surface area contributed by atoms with Crippen LogP contribution in [0, 0.1) is 13.8 Å². The number of likely N-dealkylation sites (tertiary alicyclic amines) is 2. The number of hydrogen-bond acceptors (Lipinski definition) is 4. The molecule has 0 saturated carbocycles. The lowest BCUT2D eigenvalue weighted by atomic mass is 10.0. The molecule has 2 aromatic carbocycles. The van der Waals surface area contributed by atoms with Gasteiger partial charge < -0.3 is 9.80 Å². The maximum atomic E-state index is 4.89. The van der Waals surface area contributed by atoms with Crippen molar-refractivity contribution in [1.29, 1.82) is 0 Å². The quantitative estimate of drug-likeness (QED) is 0.390. The summed E-state index contributed by atoms with van der Waals surface area (Å²) in [6, 6.07) is 17.5. The molecule has 2 aliphatic heterocycles. The molecule has 0 radical (unpaired) electrons. The van der Waals surface area contributed by atoms with Crippen molar-refractivity contribution in [1.82, 2.24) is 9.80 Å². The average molecular weight is 431 g/mol. The van der Waals surface area contributed by atoms with Gasteiger partial charge in [0.25, 0.3) is 0 Å². The summed E-state index contributed by atoms with van der Waals surface area (Å²) in [5, 5.41) is 9.78. The van der Waals surface area contributed by atoms with Gasteiger partial charge in [0, 0.05) is 25.9 Å². The van der Waals surface area contributed by atoms with Crippen molar-refractivity contribution in [3.8, 4) is 0 Å². The number of benzene rings is 2. The van der Waals surface area contributed by atoms with Crippen molar-refractivity contribution in [2.75, 3.05) is 39.3 Å². The zero-order valence-corrected chi connectivity index (χ0v) is 19.9. The lowest BCUT2D eigenvalue weighted by molar-refractivity contribution is 0.349. The summed E-state index contributed by atoms with van der Waals surface area (Å²) in [4.78, 5) is 5.11.